The lowest BCUT2D eigenvalue weighted by atomic mass is 10.1. The van der Waals surface area contributed by atoms with Crippen molar-refractivity contribution in [2.24, 2.45) is 0 Å². The van der Waals surface area contributed by atoms with E-state index in [1.165, 1.54) is 0 Å². The second-order valence-corrected chi connectivity index (χ2v) is 5.09. The van der Waals surface area contributed by atoms with Crippen LogP contribution in [0.5, 0.6) is 0 Å². The second-order valence-electron chi connectivity index (χ2n) is 5.09. The van der Waals surface area contributed by atoms with Crippen molar-refractivity contribution >= 4 is 17.5 Å². The molecule has 0 aliphatic carbocycles. The van der Waals surface area contributed by atoms with Crippen LogP contribution < -0.4 is 10.2 Å². The monoisotopic (exact) mass is 267 g/mol. The van der Waals surface area contributed by atoms with E-state index in [1.54, 1.807) is 4.90 Å². The van der Waals surface area contributed by atoms with Crippen LogP contribution in [0.3, 0.4) is 0 Å². The smallest absolute Gasteiger partial charge is 0.316 e. The molecule has 1 unspecified atom stereocenters. The molecule has 2 aliphatic heterocycles. The highest BCUT2D eigenvalue weighted by atomic mass is 16.2. The van der Waals surface area contributed by atoms with E-state index in [0.29, 0.717) is 13.1 Å². The van der Waals surface area contributed by atoms with Crippen LogP contribution in [0.2, 0.25) is 0 Å². The fraction of sp³-hybridized carbons (Fsp3) is 0.200. The number of carbonyl (C=O) groups is 2. The van der Waals surface area contributed by atoms with E-state index in [0.717, 1.165) is 16.9 Å². The Morgan fingerprint density at radius 2 is 1.95 bits per heavy atom. The standard InChI is InChI=1S/C15H13N3O2/c19-14-15(20)18-11-5-2-1-4-10(11)9-17-7-3-6-12(17)13(18)8-16-14/h1-7,13H,8-9H2,(H,16,19). The molecule has 0 bridgehead atoms. The number of carbonyl (C=O) groups excluding carboxylic acids is 2. The number of nitrogens with zero attached hydrogens (tertiary/aromatic N) is 2. The Kier molecular flexibility index (Phi) is 2.24. The summed E-state index contributed by atoms with van der Waals surface area (Å²) in [6, 6.07) is 11.6. The lowest BCUT2D eigenvalue weighted by Gasteiger charge is -2.34. The average Bonchev–Trinajstić information content (AvgIpc) is 2.86. The van der Waals surface area contributed by atoms with E-state index in [2.05, 4.69) is 9.88 Å². The maximum atomic E-state index is 12.3. The number of para-hydroxylation sites is 1. The maximum Gasteiger partial charge on any atom is 0.316 e. The molecule has 5 heteroatoms. The molecule has 1 atom stereocenters. The highest BCUT2D eigenvalue weighted by molar-refractivity contribution is 6.41. The Hall–Kier alpha value is -2.56. The van der Waals surface area contributed by atoms with Gasteiger partial charge >= 0.3 is 11.8 Å². The third-order valence-electron chi connectivity index (χ3n) is 3.98. The predicted octanol–water partition coefficient (Wildman–Crippen LogP) is 1.05. The first-order chi connectivity index (χ1) is 9.75. The van der Waals surface area contributed by atoms with Gasteiger partial charge < -0.3 is 9.88 Å². The number of hydrogen-bond acceptors (Lipinski definition) is 2. The number of nitrogens with one attached hydrogen (secondary N) is 1. The van der Waals surface area contributed by atoms with Gasteiger partial charge in [0.2, 0.25) is 0 Å². The van der Waals surface area contributed by atoms with Crippen molar-refractivity contribution in [1.29, 1.82) is 0 Å². The lowest BCUT2D eigenvalue weighted by molar-refractivity contribution is -0.139. The molecule has 1 saturated heterocycles. The lowest BCUT2D eigenvalue weighted by Crippen LogP contribution is -2.54. The summed E-state index contributed by atoms with van der Waals surface area (Å²) >= 11 is 0. The first kappa shape index (κ1) is 11.3. The van der Waals surface area contributed by atoms with Crippen molar-refractivity contribution in [3.05, 3.63) is 53.9 Å². The summed E-state index contributed by atoms with van der Waals surface area (Å²) in [7, 11) is 0. The van der Waals surface area contributed by atoms with E-state index in [9.17, 15) is 9.59 Å². The van der Waals surface area contributed by atoms with E-state index < -0.39 is 11.8 Å². The number of rotatable bonds is 0. The Morgan fingerprint density at radius 3 is 2.85 bits per heavy atom. The van der Waals surface area contributed by atoms with Crippen LogP contribution in [0.15, 0.2) is 42.6 Å². The zero-order valence-corrected chi connectivity index (χ0v) is 10.7. The normalized spacial score (nSPS) is 20.6. The molecule has 3 heterocycles. The van der Waals surface area contributed by atoms with Crippen LogP contribution in [-0.2, 0) is 16.1 Å². The van der Waals surface area contributed by atoms with Crippen molar-refractivity contribution < 1.29 is 9.59 Å². The minimum absolute atomic E-state index is 0.140. The first-order valence-corrected chi connectivity index (χ1v) is 6.60. The van der Waals surface area contributed by atoms with Gasteiger partial charge in [0.15, 0.2) is 0 Å². The average molecular weight is 267 g/mol. The van der Waals surface area contributed by atoms with Crippen LogP contribution in [0, 0.1) is 0 Å². The molecule has 1 fully saturated rings. The van der Waals surface area contributed by atoms with Crippen molar-refractivity contribution in [3.63, 3.8) is 0 Å². The Bertz CT molecular complexity index is 719. The molecule has 4 rings (SSSR count). The molecule has 20 heavy (non-hydrogen) atoms. The van der Waals surface area contributed by atoms with Crippen LogP contribution in [-0.4, -0.2) is 22.9 Å². The van der Waals surface area contributed by atoms with Gasteiger partial charge in [-0.15, -0.1) is 0 Å². The van der Waals surface area contributed by atoms with Crippen molar-refractivity contribution in [2.75, 3.05) is 11.4 Å². The molecule has 1 N–H and O–H groups in total. The Labute approximate surface area is 115 Å². The number of aromatic nitrogens is 1. The zero-order chi connectivity index (χ0) is 13.7. The summed E-state index contributed by atoms with van der Waals surface area (Å²) in [6.45, 7) is 1.16. The number of anilines is 1. The number of piperazine rings is 1. The molecule has 1 aromatic carbocycles. The van der Waals surface area contributed by atoms with Crippen LogP contribution in [0.4, 0.5) is 5.69 Å². The molecular weight excluding hydrogens is 254 g/mol. The van der Waals surface area contributed by atoms with Crippen molar-refractivity contribution in [1.82, 2.24) is 9.88 Å². The highest BCUT2D eigenvalue weighted by Crippen LogP contribution is 2.35. The van der Waals surface area contributed by atoms with Crippen LogP contribution >= 0.6 is 0 Å². The number of hydrogen-bond donors (Lipinski definition) is 1. The molecule has 5 nitrogen and oxygen atoms in total. The van der Waals surface area contributed by atoms with Gasteiger partial charge in [-0.1, -0.05) is 18.2 Å². The van der Waals surface area contributed by atoms with Gasteiger partial charge in [0.1, 0.15) is 0 Å². The van der Waals surface area contributed by atoms with E-state index in [4.69, 9.17) is 0 Å². The first-order valence-electron chi connectivity index (χ1n) is 6.60. The number of benzene rings is 1. The van der Waals surface area contributed by atoms with Gasteiger partial charge in [-0.2, -0.15) is 0 Å². The van der Waals surface area contributed by atoms with Crippen molar-refractivity contribution in [3.8, 4) is 0 Å². The van der Waals surface area contributed by atoms with Gasteiger partial charge in [0.05, 0.1) is 6.04 Å². The maximum absolute atomic E-state index is 12.3. The second kappa shape index (κ2) is 3.96. The molecule has 0 spiro atoms. The summed E-state index contributed by atoms with van der Waals surface area (Å²) in [4.78, 5) is 25.7. The summed E-state index contributed by atoms with van der Waals surface area (Å²) in [5.41, 5.74) is 2.94. The topological polar surface area (TPSA) is 54.3 Å². The van der Waals surface area contributed by atoms with Crippen LogP contribution in [0.1, 0.15) is 17.3 Å². The molecule has 1 aromatic heterocycles. The van der Waals surface area contributed by atoms with E-state index in [-0.39, 0.29) is 6.04 Å². The molecular formula is C15H13N3O2. The Balaban J connectivity index is 1.96. The van der Waals surface area contributed by atoms with Crippen LogP contribution in [0.25, 0.3) is 0 Å². The third kappa shape index (κ3) is 1.43. The van der Waals surface area contributed by atoms with E-state index in [1.807, 2.05) is 42.6 Å². The minimum atomic E-state index is -0.531. The molecule has 2 amide bonds. The van der Waals surface area contributed by atoms with Gasteiger partial charge in [-0.05, 0) is 23.8 Å². The van der Waals surface area contributed by atoms with Gasteiger partial charge in [0.25, 0.3) is 0 Å². The molecule has 100 valence electrons. The summed E-state index contributed by atoms with van der Waals surface area (Å²) in [5, 5.41) is 2.68. The molecule has 0 radical (unpaired) electrons. The van der Waals surface area contributed by atoms with Gasteiger partial charge in [0, 0.05) is 30.7 Å². The quantitative estimate of drug-likeness (QED) is 0.725. The molecule has 2 aromatic rings. The summed E-state index contributed by atoms with van der Waals surface area (Å²) in [6.07, 6.45) is 2.01. The van der Waals surface area contributed by atoms with Crippen molar-refractivity contribution in [2.45, 2.75) is 12.6 Å². The largest absolute Gasteiger partial charge is 0.345 e. The fourth-order valence-electron chi connectivity index (χ4n) is 3.06. The SMILES string of the molecule is O=C1NCC2c3cccn3Cc3ccccc3N2C1=O. The molecule has 2 aliphatic rings. The minimum Gasteiger partial charge on any atom is -0.345 e. The third-order valence-corrected chi connectivity index (χ3v) is 3.98. The predicted molar refractivity (Wildman–Crippen MR) is 73.2 cm³/mol. The van der Waals surface area contributed by atoms with Gasteiger partial charge in [-0.25, -0.2) is 0 Å². The van der Waals surface area contributed by atoms with Gasteiger partial charge in [-0.3, -0.25) is 14.5 Å². The summed E-state index contributed by atoms with van der Waals surface area (Å²) in [5.74, 6) is -1.01. The van der Waals surface area contributed by atoms with E-state index >= 15 is 0 Å². The number of amides is 2. The highest BCUT2D eigenvalue weighted by Gasteiger charge is 2.39. The number of fused-ring (bicyclic) bond motifs is 5. The Morgan fingerprint density at radius 1 is 1.10 bits per heavy atom. The summed E-state index contributed by atoms with van der Waals surface area (Å²) < 4.78 is 2.13. The molecule has 0 saturated carbocycles. The zero-order valence-electron chi connectivity index (χ0n) is 10.7. The fourth-order valence-corrected chi connectivity index (χ4v) is 3.06.